The van der Waals surface area contributed by atoms with Crippen LogP contribution in [0.5, 0.6) is 0 Å². The molecule has 0 unspecified atom stereocenters. The van der Waals surface area contributed by atoms with Gasteiger partial charge in [-0.2, -0.15) is 0 Å². The van der Waals surface area contributed by atoms with Gasteiger partial charge in [-0.1, -0.05) is 41.9 Å². The summed E-state index contributed by atoms with van der Waals surface area (Å²) in [7, 11) is 0. The molecule has 52 valence electrons. The average molecular weight is 207 g/mol. The fraction of sp³-hybridized carbons (Fsp3) is 0. The summed E-state index contributed by atoms with van der Waals surface area (Å²) in [6.45, 7) is 0. The van der Waals surface area contributed by atoms with Crippen molar-refractivity contribution in [3.63, 3.8) is 0 Å². The summed E-state index contributed by atoms with van der Waals surface area (Å²) in [5, 5.41) is 1.16. The molecule has 0 saturated carbocycles. The summed E-state index contributed by atoms with van der Waals surface area (Å²) in [5.74, 6) is 0. The number of aromatic amines is 1. The number of benzene rings is 1. The van der Waals surface area contributed by atoms with Crippen LogP contribution in [0.1, 0.15) is 1.43 Å². The van der Waals surface area contributed by atoms with Crippen LogP contribution in [0.2, 0.25) is 0 Å². The summed E-state index contributed by atoms with van der Waals surface area (Å²) in [5.41, 5.74) is 0. The van der Waals surface area contributed by atoms with Crippen molar-refractivity contribution in [1.29, 1.82) is 0 Å². The Kier molecular flexibility index (Phi) is 3.90. The molecule has 2 rings (SSSR count). The minimum absolute atomic E-state index is 0. The van der Waals surface area contributed by atoms with Crippen molar-refractivity contribution in [1.82, 2.24) is 4.37 Å². The van der Waals surface area contributed by atoms with Crippen LogP contribution in [0, 0.1) is 4.64 Å². The largest absolute Gasteiger partial charge is 1.00 e. The number of H-pyrrole nitrogens is 1. The van der Waals surface area contributed by atoms with E-state index in [-0.39, 0.29) is 52.8 Å². The molecule has 1 N–H and O–H groups in total. The number of nitrogens with one attached hydrogen (secondary N) is 1. The third-order valence-corrected chi connectivity index (χ3v) is 2.72. The maximum atomic E-state index is 5.04. The van der Waals surface area contributed by atoms with E-state index in [1.54, 1.807) is 11.5 Å². The molecule has 0 aliphatic rings. The zero-order valence-electron chi connectivity index (χ0n) is 7.13. The minimum atomic E-state index is 0. The summed E-state index contributed by atoms with van der Waals surface area (Å²) in [6, 6.07) is 8.11. The van der Waals surface area contributed by atoms with Crippen molar-refractivity contribution in [2.75, 3.05) is 0 Å². The Morgan fingerprint density at radius 1 is 1.36 bits per heavy atom. The van der Waals surface area contributed by atoms with E-state index in [4.69, 9.17) is 12.2 Å². The number of rotatable bonds is 0. The molecule has 1 aromatic heterocycles. The number of hydrogen-bond donors (Lipinski definition) is 1. The van der Waals surface area contributed by atoms with E-state index >= 15 is 0 Å². The van der Waals surface area contributed by atoms with Gasteiger partial charge in [0.25, 0.3) is 0 Å². The second-order valence-electron chi connectivity index (χ2n) is 2.03. The molecule has 1 aromatic carbocycles. The maximum absolute atomic E-state index is 5.04. The van der Waals surface area contributed by atoms with E-state index in [1.807, 2.05) is 18.2 Å². The fourth-order valence-electron chi connectivity index (χ4n) is 0.900. The van der Waals surface area contributed by atoms with Gasteiger partial charge in [0.2, 0.25) is 0 Å². The standard InChI is InChI=1S/C7H5NS2.K.H/c9-7-5-3-1-2-4-6(5)10-8-7;;/h1-4H,(H,8,9);;/q;+1;-1. The Morgan fingerprint density at radius 2 is 2.09 bits per heavy atom. The van der Waals surface area contributed by atoms with Crippen LogP contribution in [0.15, 0.2) is 24.3 Å². The molecule has 0 aliphatic carbocycles. The topological polar surface area (TPSA) is 15.8 Å². The van der Waals surface area contributed by atoms with Gasteiger partial charge in [-0.15, -0.1) is 0 Å². The van der Waals surface area contributed by atoms with Crippen molar-refractivity contribution < 1.29 is 52.8 Å². The van der Waals surface area contributed by atoms with Gasteiger partial charge < -0.3 is 5.80 Å². The molecular weight excluding hydrogens is 201 g/mol. The number of aromatic nitrogens is 1. The summed E-state index contributed by atoms with van der Waals surface area (Å²) in [4.78, 5) is 0. The molecule has 0 amide bonds. The van der Waals surface area contributed by atoms with Crippen molar-refractivity contribution in [2.24, 2.45) is 0 Å². The van der Waals surface area contributed by atoms with Crippen molar-refractivity contribution in [3.8, 4) is 0 Å². The number of fused-ring (bicyclic) bond motifs is 1. The van der Waals surface area contributed by atoms with Gasteiger partial charge in [-0.3, -0.25) is 0 Å². The second-order valence-corrected chi connectivity index (χ2v) is 3.29. The van der Waals surface area contributed by atoms with Gasteiger partial charge in [-0.05, 0) is 6.07 Å². The van der Waals surface area contributed by atoms with Crippen LogP contribution in [0.4, 0.5) is 0 Å². The van der Waals surface area contributed by atoms with Crippen molar-refractivity contribution >= 4 is 33.8 Å². The molecule has 0 bridgehead atoms. The quantitative estimate of drug-likeness (QED) is 0.478. The van der Waals surface area contributed by atoms with Crippen LogP contribution in [0.3, 0.4) is 0 Å². The molecule has 0 saturated heterocycles. The van der Waals surface area contributed by atoms with Crippen molar-refractivity contribution in [2.45, 2.75) is 0 Å². The predicted molar refractivity (Wildman–Crippen MR) is 48.1 cm³/mol. The van der Waals surface area contributed by atoms with Gasteiger partial charge in [0.15, 0.2) is 0 Å². The average Bonchev–Trinajstić information content (AvgIpc) is 2.34. The first-order valence-corrected chi connectivity index (χ1v) is 4.16. The maximum Gasteiger partial charge on any atom is 1.00 e. The molecule has 1 nitrogen and oxygen atoms in total. The monoisotopic (exact) mass is 207 g/mol. The Labute approximate surface area is 118 Å². The van der Waals surface area contributed by atoms with Crippen LogP contribution >= 0.6 is 23.8 Å². The summed E-state index contributed by atoms with van der Waals surface area (Å²) >= 11 is 6.63. The Morgan fingerprint density at radius 3 is 2.82 bits per heavy atom. The zero-order chi connectivity index (χ0) is 6.97. The van der Waals surface area contributed by atoms with E-state index in [0.29, 0.717) is 0 Å². The predicted octanol–water partition coefficient (Wildman–Crippen LogP) is 0.0754. The van der Waals surface area contributed by atoms with Gasteiger partial charge in [0, 0.05) is 5.39 Å². The van der Waals surface area contributed by atoms with E-state index in [9.17, 15) is 0 Å². The Hall–Kier alpha value is 0.966. The Balaban J connectivity index is 0.000000605. The summed E-state index contributed by atoms with van der Waals surface area (Å²) < 4.78 is 5.11. The van der Waals surface area contributed by atoms with Crippen LogP contribution in [0.25, 0.3) is 10.1 Å². The smallest absolute Gasteiger partial charge is 1.00 e. The molecule has 2 aromatic rings. The zero-order valence-corrected chi connectivity index (χ0v) is 10.9. The third kappa shape index (κ3) is 2.01. The first-order chi connectivity index (χ1) is 4.88. The Bertz CT molecular complexity index is 409. The molecule has 11 heavy (non-hydrogen) atoms. The second kappa shape index (κ2) is 4.27. The fourth-order valence-corrected chi connectivity index (χ4v) is 2.01. The first-order valence-electron chi connectivity index (χ1n) is 2.94. The van der Waals surface area contributed by atoms with Gasteiger partial charge in [0.1, 0.15) is 4.64 Å². The molecular formula is C7H6KNS2. The minimum Gasteiger partial charge on any atom is -1.00 e. The van der Waals surface area contributed by atoms with E-state index in [2.05, 4.69) is 10.4 Å². The molecule has 0 atom stereocenters. The van der Waals surface area contributed by atoms with Crippen LogP contribution in [-0.2, 0) is 0 Å². The summed E-state index contributed by atoms with van der Waals surface area (Å²) in [6.07, 6.45) is 0. The van der Waals surface area contributed by atoms with Crippen molar-refractivity contribution in [3.05, 3.63) is 28.9 Å². The van der Waals surface area contributed by atoms with Crippen LogP contribution in [-0.4, -0.2) is 4.37 Å². The molecule has 0 aliphatic heterocycles. The number of hydrogen-bond acceptors (Lipinski definition) is 2. The molecule has 1 heterocycles. The van der Waals surface area contributed by atoms with Gasteiger partial charge >= 0.3 is 51.4 Å². The normalized spacial score (nSPS) is 9.45. The molecule has 0 spiro atoms. The van der Waals surface area contributed by atoms with Crippen LogP contribution < -0.4 is 51.4 Å². The van der Waals surface area contributed by atoms with E-state index < -0.39 is 0 Å². The molecule has 0 fully saturated rings. The molecule has 0 radical (unpaired) electrons. The third-order valence-electron chi connectivity index (χ3n) is 1.39. The van der Waals surface area contributed by atoms with Gasteiger partial charge in [0.05, 0.1) is 4.70 Å². The van der Waals surface area contributed by atoms with E-state index in [1.165, 1.54) is 4.70 Å². The van der Waals surface area contributed by atoms with E-state index in [0.717, 1.165) is 10.0 Å². The van der Waals surface area contributed by atoms with Gasteiger partial charge in [-0.25, -0.2) is 0 Å². The SMILES string of the molecule is S=c1[nH]sc2ccccc12.[H-].[K+]. The molecule has 4 heteroatoms. The first kappa shape index (κ1) is 10.0.